The van der Waals surface area contributed by atoms with Crippen molar-refractivity contribution in [2.24, 2.45) is 5.73 Å². The van der Waals surface area contributed by atoms with Crippen molar-refractivity contribution >= 4 is 23.4 Å². The number of halogens is 1. The van der Waals surface area contributed by atoms with Crippen molar-refractivity contribution in [3.8, 4) is 0 Å². The number of rotatable bonds is 5. The molecule has 0 saturated heterocycles. The summed E-state index contributed by atoms with van der Waals surface area (Å²) in [6.07, 6.45) is 2.03. The van der Waals surface area contributed by atoms with Crippen LogP contribution in [-0.4, -0.2) is 11.3 Å². The number of thioether (sulfide) groups is 1. The Morgan fingerprint density at radius 1 is 1.38 bits per heavy atom. The predicted molar refractivity (Wildman–Crippen MR) is 74.4 cm³/mol. The lowest BCUT2D eigenvalue weighted by atomic mass is 10.1. The highest BCUT2D eigenvalue weighted by Crippen LogP contribution is 2.34. The largest absolute Gasteiger partial charge is 0.328 e. The molecule has 1 nitrogen and oxygen atoms in total. The summed E-state index contributed by atoms with van der Waals surface area (Å²) in [5, 5.41) is 1.44. The molecule has 3 heteroatoms. The molecular formula is C13H20ClNS. The summed E-state index contributed by atoms with van der Waals surface area (Å²) in [6, 6.07) is 6.26. The van der Waals surface area contributed by atoms with Crippen molar-refractivity contribution in [3.63, 3.8) is 0 Å². The van der Waals surface area contributed by atoms with E-state index in [0.717, 1.165) is 17.9 Å². The molecule has 0 spiro atoms. The average Bonchev–Trinajstić information content (AvgIpc) is 2.22. The van der Waals surface area contributed by atoms with E-state index in [4.69, 9.17) is 17.3 Å². The zero-order valence-electron chi connectivity index (χ0n) is 10.2. The van der Waals surface area contributed by atoms with Crippen LogP contribution in [-0.2, 0) is 6.42 Å². The molecule has 0 amide bonds. The zero-order chi connectivity index (χ0) is 12.1. The van der Waals surface area contributed by atoms with Gasteiger partial charge in [-0.05, 0) is 31.4 Å². The third-order valence-corrected chi connectivity index (χ3v) is 4.36. The average molecular weight is 258 g/mol. The number of hydrogen-bond donors (Lipinski definition) is 1. The fourth-order valence-electron chi connectivity index (χ4n) is 1.48. The van der Waals surface area contributed by atoms with E-state index < -0.39 is 0 Å². The molecular weight excluding hydrogens is 238 g/mol. The monoisotopic (exact) mass is 257 g/mol. The van der Waals surface area contributed by atoms with Crippen LogP contribution >= 0.6 is 23.4 Å². The van der Waals surface area contributed by atoms with Crippen LogP contribution in [0.1, 0.15) is 32.8 Å². The highest BCUT2D eigenvalue weighted by atomic mass is 35.5. The zero-order valence-corrected chi connectivity index (χ0v) is 11.7. The van der Waals surface area contributed by atoms with Crippen LogP contribution in [0, 0.1) is 0 Å². The molecule has 2 unspecified atom stereocenters. The van der Waals surface area contributed by atoms with Crippen molar-refractivity contribution in [1.82, 2.24) is 0 Å². The highest BCUT2D eigenvalue weighted by molar-refractivity contribution is 8.00. The standard InChI is InChI=1S/C13H20ClNS/c1-4-10(3)16-13-11(8-9(2)15)6-5-7-12(13)14/h5-7,9-10H,4,8,15H2,1-3H3. The number of nitrogens with two attached hydrogens (primary N) is 1. The van der Waals surface area contributed by atoms with Crippen LogP contribution in [0.15, 0.2) is 23.1 Å². The molecule has 0 aromatic heterocycles. The molecule has 0 fully saturated rings. The number of hydrogen-bond acceptors (Lipinski definition) is 2. The van der Waals surface area contributed by atoms with E-state index in [1.54, 1.807) is 0 Å². The Kier molecular flexibility index (Phi) is 5.67. The molecule has 0 heterocycles. The van der Waals surface area contributed by atoms with Gasteiger partial charge >= 0.3 is 0 Å². The summed E-state index contributed by atoms with van der Waals surface area (Å²) in [6.45, 7) is 6.45. The van der Waals surface area contributed by atoms with E-state index in [9.17, 15) is 0 Å². The normalized spacial score (nSPS) is 14.8. The van der Waals surface area contributed by atoms with Crippen LogP contribution in [0.25, 0.3) is 0 Å². The third-order valence-electron chi connectivity index (χ3n) is 2.48. The maximum absolute atomic E-state index is 6.25. The molecule has 1 aromatic carbocycles. The smallest absolute Gasteiger partial charge is 0.0544 e. The van der Waals surface area contributed by atoms with Crippen LogP contribution < -0.4 is 5.73 Å². The number of benzene rings is 1. The summed E-state index contributed by atoms with van der Waals surface area (Å²) in [7, 11) is 0. The highest BCUT2D eigenvalue weighted by Gasteiger charge is 2.11. The molecule has 1 rings (SSSR count). The first-order chi connectivity index (χ1) is 7.54. The van der Waals surface area contributed by atoms with Crippen LogP contribution in [0.5, 0.6) is 0 Å². The molecule has 90 valence electrons. The Balaban J connectivity index is 2.94. The second-order valence-corrected chi connectivity index (χ2v) is 6.10. The van der Waals surface area contributed by atoms with Gasteiger partial charge in [-0.3, -0.25) is 0 Å². The third kappa shape index (κ3) is 4.00. The van der Waals surface area contributed by atoms with Crippen molar-refractivity contribution in [3.05, 3.63) is 28.8 Å². The maximum atomic E-state index is 6.25. The molecule has 0 aliphatic heterocycles. The van der Waals surface area contributed by atoms with Crippen molar-refractivity contribution in [1.29, 1.82) is 0 Å². The van der Waals surface area contributed by atoms with Gasteiger partial charge in [0.25, 0.3) is 0 Å². The molecule has 1 aromatic rings. The Labute approximate surface area is 108 Å². The Morgan fingerprint density at radius 2 is 2.06 bits per heavy atom. The van der Waals surface area contributed by atoms with Gasteiger partial charge in [-0.25, -0.2) is 0 Å². The summed E-state index contributed by atoms with van der Waals surface area (Å²) < 4.78 is 0. The van der Waals surface area contributed by atoms with Gasteiger partial charge in [-0.2, -0.15) is 0 Å². The van der Waals surface area contributed by atoms with Gasteiger partial charge in [0, 0.05) is 16.2 Å². The topological polar surface area (TPSA) is 26.0 Å². The van der Waals surface area contributed by atoms with E-state index in [1.165, 1.54) is 10.5 Å². The van der Waals surface area contributed by atoms with Gasteiger partial charge in [0.2, 0.25) is 0 Å². The molecule has 0 bridgehead atoms. The minimum absolute atomic E-state index is 0.176. The van der Waals surface area contributed by atoms with Gasteiger partial charge in [-0.15, -0.1) is 11.8 Å². The molecule has 2 atom stereocenters. The quantitative estimate of drug-likeness (QED) is 0.803. The summed E-state index contributed by atoms with van der Waals surface area (Å²) in [5.41, 5.74) is 7.13. The predicted octanol–water partition coefficient (Wildman–Crippen LogP) is 4.12. The van der Waals surface area contributed by atoms with Gasteiger partial charge in [0.05, 0.1) is 5.02 Å². The van der Waals surface area contributed by atoms with Gasteiger partial charge in [0.1, 0.15) is 0 Å². The summed E-state index contributed by atoms with van der Waals surface area (Å²) in [5.74, 6) is 0. The van der Waals surface area contributed by atoms with Crippen molar-refractivity contribution in [2.45, 2.75) is 49.8 Å². The SMILES string of the molecule is CCC(C)Sc1c(Cl)cccc1CC(C)N. The van der Waals surface area contributed by atoms with E-state index in [1.807, 2.05) is 30.8 Å². The lowest BCUT2D eigenvalue weighted by Gasteiger charge is -2.15. The summed E-state index contributed by atoms with van der Waals surface area (Å²) in [4.78, 5) is 1.20. The molecule has 0 saturated carbocycles. The molecule has 0 radical (unpaired) electrons. The second-order valence-electron chi connectivity index (χ2n) is 4.25. The first-order valence-electron chi connectivity index (χ1n) is 5.74. The minimum atomic E-state index is 0.176. The van der Waals surface area contributed by atoms with E-state index in [2.05, 4.69) is 19.9 Å². The maximum Gasteiger partial charge on any atom is 0.0544 e. The van der Waals surface area contributed by atoms with Crippen molar-refractivity contribution < 1.29 is 0 Å². The van der Waals surface area contributed by atoms with Gasteiger partial charge in [-0.1, -0.05) is 37.6 Å². The molecule has 0 aliphatic rings. The van der Waals surface area contributed by atoms with Crippen molar-refractivity contribution in [2.75, 3.05) is 0 Å². The lowest BCUT2D eigenvalue weighted by Crippen LogP contribution is -2.18. The van der Waals surface area contributed by atoms with Crippen LogP contribution in [0.4, 0.5) is 0 Å². The van der Waals surface area contributed by atoms with Crippen LogP contribution in [0.3, 0.4) is 0 Å². The van der Waals surface area contributed by atoms with Gasteiger partial charge < -0.3 is 5.73 Å². The Hall–Kier alpha value is -0.180. The van der Waals surface area contributed by atoms with E-state index in [-0.39, 0.29) is 6.04 Å². The van der Waals surface area contributed by atoms with E-state index >= 15 is 0 Å². The first-order valence-corrected chi connectivity index (χ1v) is 7.00. The van der Waals surface area contributed by atoms with E-state index in [0.29, 0.717) is 5.25 Å². The Morgan fingerprint density at radius 3 is 2.62 bits per heavy atom. The summed E-state index contributed by atoms with van der Waals surface area (Å²) >= 11 is 8.10. The molecule has 0 aliphatic carbocycles. The van der Waals surface area contributed by atoms with Gasteiger partial charge in [0.15, 0.2) is 0 Å². The van der Waals surface area contributed by atoms with Crippen LogP contribution in [0.2, 0.25) is 5.02 Å². The first kappa shape index (κ1) is 13.9. The lowest BCUT2D eigenvalue weighted by molar-refractivity contribution is 0.729. The minimum Gasteiger partial charge on any atom is -0.328 e. The Bertz CT molecular complexity index is 339. The molecule has 16 heavy (non-hydrogen) atoms. The second kappa shape index (κ2) is 6.53. The fourth-order valence-corrected chi connectivity index (χ4v) is 2.86. The molecule has 2 N–H and O–H groups in total. The fraction of sp³-hybridized carbons (Fsp3) is 0.538.